The van der Waals surface area contributed by atoms with Gasteiger partial charge < -0.3 is 0 Å². The second-order valence-electron chi connectivity index (χ2n) is 6.71. The van der Waals surface area contributed by atoms with E-state index in [4.69, 9.17) is 0 Å². The minimum atomic E-state index is -0.325. The summed E-state index contributed by atoms with van der Waals surface area (Å²) in [4.78, 5) is 12.1. The van der Waals surface area contributed by atoms with Crippen LogP contribution in [0.15, 0.2) is 24.3 Å². The van der Waals surface area contributed by atoms with E-state index >= 15 is 0 Å². The average Bonchev–Trinajstić information content (AvgIpc) is 2.27. The molecule has 2 heteroatoms. The average molecular weight is 254 g/mol. The SMILES string of the molecule is CC#CC(C)(C)Bc1ccc(C(=O)C(C)(C)C)cc1. The summed E-state index contributed by atoms with van der Waals surface area (Å²) in [6, 6.07) is 7.94. The van der Waals surface area contributed by atoms with E-state index in [-0.39, 0.29) is 16.5 Å². The fraction of sp³-hybridized carbons (Fsp3) is 0.471. The highest BCUT2D eigenvalue weighted by Gasteiger charge is 2.23. The fourth-order valence-corrected chi connectivity index (χ4v) is 2.10. The van der Waals surface area contributed by atoms with Gasteiger partial charge in [0, 0.05) is 16.3 Å². The first kappa shape index (κ1) is 15.6. The van der Waals surface area contributed by atoms with Gasteiger partial charge in [-0.1, -0.05) is 64.3 Å². The molecule has 100 valence electrons. The van der Waals surface area contributed by atoms with Gasteiger partial charge >= 0.3 is 0 Å². The summed E-state index contributed by atoms with van der Waals surface area (Å²) in [5.74, 6) is 6.38. The highest BCUT2D eigenvalue weighted by molar-refractivity contribution is 6.57. The molecular formula is C17H23BO. The maximum atomic E-state index is 12.1. The van der Waals surface area contributed by atoms with Crippen LogP contribution in [0.2, 0.25) is 5.31 Å². The molecule has 0 aliphatic heterocycles. The van der Waals surface area contributed by atoms with Crippen molar-refractivity contribution in [3.63, 3.8) is 0 Å². The van der Waals surface area contributed by atoms with Crippen molar-refractivity contribution in [3.05, 3.63) is 29.8 Å². The van der Waals surface area contributed by atoms with Crippen molar-refractivity contribution in [3.8, 4) is 11.8 Å². The van der Waals surface area contributed by atoms with Gasteiger partial charge in [0.1, 0.15) is 0 Å². The van der Waals surface area contributed by atoms with Crippen molar-refractivity contribution >= 4 is 18.5 Å². The van der Waals surface area contributed by atoms with Crippen molar-refractivity contribution in [2.75, 3.05) is 0 Å². The predicted molar refractivity (Wildman–Crippen MR) is 84.5 cm³/mol. The summed E-state index contributed by atoms with van der Waals surface area (Å²) in [6.07, 6.45) is 0. The van der Waals surface area contributed by atoms with E-state index in [1.807, 2.05) is 52.0 Å². The number of hydrogen-bond donors (Lipinski definition) is 0. The monoisotopic (exact) mass is 254 g/mol. The second kappa shape index (κ2) is 5.65. The molecule has 0 amide bonds. The summed E-state index contributed by atoms with van der Waals surface area (Å²) in [6.45, 7) is 12.0. The molecule has 1 aromatic rings. The largest absolute Gasteiger partial charge is 0.294 e. The lowest BCUT2D eigenvalue weighted by Gasteiger charge is -2.18. The topological polar surface area (TPSA) is 17.1 Å². The third-order valence-corrected chi connectivity index (χ3v) is 3.01. The summed E-state index contributed by atoms with van der Waals surface area (Å²) in [5.41, 5.74) is 1.68. The van der Waals surface area contributed by atoms with Crippen LogP contribution in [0.25, 0.3) is 0 Å². The molecule has 0 aromatic heterocycles. The van der Waals surface area contributed by atoms with Gasteiger partial charge in [0.05, 0.1) is 0 Å². The summed E-state index contributed by atoms with van der Waals surface area (Å²) >= 11 is 0. The lowest BCUT2D eigenvalue weighted by atomic mass is 9.50. The number of Topliss-reactive ketones (excluding diaryl/α,β-unsaturated/α-hetero) is 1. The van der Waals surface area contributed by atoms with Crippen LogP contribution in [0.5, 0.6) is 0 Å². The Morgan fingerprint density at radius 2 is 1.58 bits per heavy atom. The number of carbonyl (C=O) groups excluding carboxylic acids is 1. The first-order valence-corrected chi connectivity index (χ1v) is 6.73. The van der Waals surface area contributed by atoms with Gasteiger partial charge in [-0.15, -0.1) is 11.8 Å². The standard InChI is InChI=1S/C17H23BO/c1-7-12-17(5,6)18-14-10-8-13(9-11-14)15(19)16(2,3)4/h8-11,18H,1-6H3. The van der Waals surface area contributed by atoms with Crippen LogP contribution in [0.1, 0.15) is 51.9 Å². The van der Waals surface area contributed by atoms with E-state index in [1.54, 1.807) is 0 Å². The maximum Gasteiger partial charge on any atom is 0.178 e. The first-order valence-electron chi connectivity index (χ1n) is 6.73. The Kier molecular flexibility index (Phi) is 4.63. The van der Waals surface area contributed by atoms with Crippen LogP contribution in [0, 0.1) is 17.3 Å². The van der Waals surface area contributed by atoms with E-state index < -0.39 is 0 Å². The smallest absolute Gasteiger partial charge is 0.178 e. The van der Waals surface area contributed by atoms with Crippen LogP contribution in [0.4, 0.5) is 0 Å². The van der Waals surface area contributed by atoms with E-state index in [9.17, 15) is 4.79 Å². The molecule has 0 spiro atoms. The molecule has 1 aromatic carbocycles. The van der Waals surface area contributed by atoms with Crippen LogP contribution in [-0.4, -0.2) is 13.1 Å². The van der Waals surface area contributed by atoms with Gasteiger partial charge in [-0.3, -0.25) is 4.79 Å². The Morgan fingerprint density at radius 3 is 2.00 bits per heavy atom. The number of carbonyl (C=O) groups is 1. The lowest BCUT2D eigenvalue weighted by Crippen LogP contribution is -2.25. The lowest BCUT2D eigenvalue weighted by molar-refractivity contribution is 0.0858. The molecule has 0 bridgehead atoms. The second-order valence-corrected chi connectivity index (χ2v) is 6.71. The van der Waals surface area contributed by atoms with Crippen LogP contribution in [0.3, 0.4) is 0 Å². The third kappa shape index (κ3) is 4.60. The quantitative estimate of drug-likeness (QED) is 0.460. The number of benzene rings is 1. The molecular weight excluding hydrogens is 231 g/mol. The maximum absolute atomic E-state index is 12.1. The van der Waals surface area contributed by atoms with Crippen molar-refractivity contribution < 1.29 is 4.79 Å². The zero-order valence-electron chi connectivity index (χ0n) is 12.9. The number of rotatable bonds is 3. The van der Waals surface area contributed by atoms with E-state index in [1.165, 1.54) is 5.46 Å². The zero-order valence-corrected chi connectivity index (χ0v) is 12.9. The van der Waals surface area contributed by atoms with E-state index in [0.29, 0.717) is 0 Å². The van der Waals surface area contributed by atoms with Crippen molar-refractivity contribution in [2.24, 2.45) is 5.41 Å². The van der Waals surface area contributed by atoms with Crippen LogP contribution in [-0.2, 0) is 0 Å². The van der Waals surface area contributed by atoms with Gasteiger partial charge in [0.15, 0.2) is 13.1 Å². The minimum absolute atomic E-state index is 0.0235. The van der Waals surface area contributed by atoms with Gasteiger partial charge in [-0.05, 0) is 6.92 Å². The minimum Gasteiger partial charge on any atom is -0.294 e. The van der Waals surface area contributed by atoms with Crippen molar-refractivity contribution in [2.45, 2.75) is 46.9 Å². The Hall–Kier alpha value is -1.49. The first-order chi connectivity index (χ1) is 8.65. The summed E-state index contributed by atoms with van der Waals surface area (Å²) in [5, 5.41) is -0.0235. The normalized spacial score (nSPS) is 11.5. The Balaban J connectivity index is 2.88. The highest BCUT2D eigenvalue weighted by atomic mass is 16.1. The molecule has 0 N–H and O–H groups in total. The van der Waals surface area contributed by atoms with Gasteiger partial charge in [-0.25, -0.2) is 0 Å². The molecule has 0 saturated heterocycles. The molecule has 0 aliphatic rings. The predicted octanol–water partition coefficient (Wildman–Crippen LogP) is 3.20. The summed E-state index contributed by atoms with van der Waals surface area (Å²) in [7, 11) is 0.901. The zero-order chi connectivity index (χ0) is 14.7. The molecule has 0 aliphatic carbocycles. The Labute approximate surface area is 118 Å². The number of hydrogen-bond acceptors (Lipinski definition) is 1. The van der Waals surface area contributed by atoms with Gasteiger partial charge in [0.2, 0.25) is 0 Å². The Morgan fingerprint density at radius 1 is 1.05 bits per heavy atom. The molecule has 1 rings (SSSR count). The van der Waals surface area contributed by atoms with Crippen LogP contribution < -0.4 is 5.46 Å². The molecule has 19 heavy (non-hydrogen) atoms. The number of ketones is 1. The highest BCUT2D eigenvalue weighted by Crippen LogP contribution is 2.22. The van der Waals surface area contributed by atoms with Crippen molar-refractivity contribution in [1.29, 1.82) is 0 Å². The molecule has 0 radical (unpaired) electrons. The summed E-state index contributed by atoms with van der Waals surface area (Å²) < 4.78 is 0. The van der Waals surface area contributed by atoms with E-state index in [0.717, 1.165) is 12.8 Å². The fourth-order valence-electron chi connectivity index (χ4n) is 2.10. The molecule has 0 heterocycles. The van der Waals surface area contributed by atoms with Gasteiger partial charge in [-0.2, -0.15) is 0 Å². The molecule has 0 fully saturated rings. The molecule has 1 nitrogen and oxygen atoms in total. The molecule has 0 saturated carbocycles. The third-order valence-electron chi connectivity index (χ3n) is 3.01. The van der Waals surface area contributed by atoms with Crippen molar-refractivity contribution in [1.82, 2.24) is 0 Å². The Bertz CT molecular complexity index is 507. The molecule has 0 atom stereocenters. The van der Waals surface area contributed by atoms with E-state index in [2.05, 4.69) is 25.7 Å². The van der Waals surface area contributed by atoms with Crippen LogP contribution >= 0.6 is 0 Å². The van der Waals surface area contributed by atoms with Gasteiger partial charge in [0.25, 0.3) is 0 Å². The molecule has 0 unspecified atom stereocenters.